The van der Waals surface area contributed by atoms with Gasteiger partial charge in [-0.1, -0.05) is 12.1 Å². The number of alkyl halides is 3. The van der Waals surface area contributed by atoms with E-state index in [9.17, 15) is 32.3 Å². The molecule has 2 N–H and O–H groups in total. The van der Waals surface area contributed by atoms with Crippen molar-refractivity contribution in [2.75, 3.05) is 6.54 Å². The van der Waals surface area contributed by atoms with E-state index in [0.29, 0.717) is 11.8 Å². The van der Waals surface area contributed by atoms with Gasteiger partial charge in [-0.3, -0.25) is 19.2 Å². The number of aliphatic carboxylic acids is 1. The third-order valence-electron chi connectivity index (χ3n) is 5.28. The number of nitrogens with zero attached hydrogens (tertiary/aromatic N) is 2. The van der Waals surface area contributed by atoms with E-state index in [0.717, 1.165) is 12.1 Å². The molecule has 3 rings (SSSR count). The average Bonchev–Trinajstić information content (AvgIpc) is 2.92. The molecule has 180 valence electrons. The molecule has 1 unspecified atom stereocenters. The summed E-state index contributed by atoms with van der Waals surface area (Å²) >= 11 is 0. The van der Waals surface area contributed by atoms with Crippen LogP contribution in [-0.4, -0.2) is 50.6 Å². The predicted molar refractivity (Wildman–Crippen MR) is 110 cm³/mol. The number of benzene rings is 1. The number of hydrogen-bond donors (Lipinski definition) is 2. The Balaban J connectivity index is 1.69. The van der Waals surface area contributed by atoms with E-state index in [-0.39, 0.29) is 18.2 Å². The molecule has 2 amide bonds. The van der Waals surface area contributed by atoms with E-state index in [1.54, 1.807) is 12.1 Å². The molecule has 1 fully saturated rings. The van der Waals surface area contributed by atoms with Gasteiger partial charge >= 0.3 is 12.1 Å². The van der Waals surface area contributed by atoms with Gasteiger partial charge in [0.2, 0.25) is 17.7 Å². The van der Waals surface area contributed by atoms with Crippen molar-refractivity contribution in [3.8, 4) is 11.6 Å². The number of aromatic nitrogens is 1. The van der Waals surface area contributed by atoms with Crippen LogP contribution < -0.4 is 10.1 Å². The summed E-state index contributed by atoms with van der Waals surface area (Å²) in [5.74, 6) is -5.07. The van der Waals surface area contributed by atoms with Gasteiger partial charge in [-0.05, 0) is 37.6 Å². The summed E-state index contributed by atoms with van der Waals surface area (Å²) in [5, 5.41) is 10.7. The van der Waals surface area contributed by atoms with Crippen molar-refractivity contribution in [2.24, 2.45) is 5.92 Å². The number of pyridine rings is 1. The van der Waals surface area contributed by atoms with Gasteiger partial charge in [-0.15, -0.1) is 0 Å². The molecule has 1 atom stereocenters. The number of ether oxygens (including phenoxy) is 1. The van der Waals surface area contributed by atoms with Gasteiger partial charge < -0.3 is 20.1 Å². The number of nitrogens with one attached hydrogen (secondary N) is 1. The highest BCUT2D eigenvalue weighted by Crippen LogP contribution is 2.33. The number of halogens is 3. The Hall–Kier alpha value is -3.96. The lowest BCUT2D eigenvalue weighted by molar-refractivity contribution is -0.143. The molecule has 1 saturated heterocycles. The van der Waals surface area contributed by atoms with Crippen molar-refractivity contribution in [2.45, 2.75) is 32.1 Å². The highest BCUT2D eigenvalue weighted by Gasteiger charge is 2.55. The van der Waals surface area contributed by atoms with E-state index < -0.39 is 53.3 Å². The topological polar surface area (TPSA) is 126 Å². The minimum absolute atomic E-state index is 0.0148. The first-order chi connectivity index (χ1) is 15.8. The molecule has 0 bridgehead atoms. The quantitative estimate of drug-likeness (QED) is 0.584. The standard InChI is InChI=1S/C22H20F3N3O6/c1-21(2)18(31)17(19(32)27-10-16(29)30)20(33)28(21)11-12-3-6-14(7-4-12)34-15-8-5-13(9-26-15)22(23,24)25/h3-9,17H,10-11H2,1-2H3,(H,27,32)(H,29,30). The first-order valence-electron chi connectivity index (χ1n) is 9.96. The molecule has 0 spiro atoms. The largest absolute Gasteiger partial charge is 0.480 e. The maximum atomic E-state index is 12.8. The van der Waals surface area contributed by atoms with E-state index in [4.69, 9.17) is 9.84 Å². The summed E-state index contributed by atoms with van der Waals surface area (Å²) < 4.78 is 43.3. The van der Waals surface area contributed by atoms with Crippen LogP contribution >= 0.6 is 0 Å². The second kappa shape index (κ2) is 9.12. The summed E-state index contributed by atoms with van der Waals surface area (Å²) in [5.41, 5.74) is -1.62. The van der Waals surface area contributed by atoms with Crippen LogP contribution in [0.5, 0.6) is 11.6 Å². The molecule has 2 heterocycles. The van der Waals surface area contributed by atoms with Crippen molar-refractivity contribution in [1.82, 2.24) is 15.2 Å². The third kappa shape index (κ3) is 5.16. The summed E-state index contributed by atoms with van der Waals surface area (Å²) in [6.45, 7) is 2.25. The molecule has 1 aliphatic heterocycles. The van der Waals surface area contributed by atoms with Gasteiger partial charge in [0.25, 0.3) is 0 Å². The highest BCUT2D eigenvalue weighted by atomic mass is 19.4. The molecule has 2 aromatic rings. The van der Waals surface area contributed by atoms with Crippen LogP contribution in [0.3, 0.4) is 0 Å². The Labute approximate surface area is 191 Å². The van der Waals surface area contributed by atoms with Crippen LogP contribution in [0.1, 0.15) is 25.0 Å². The Morgan fingerprint density at radius 1 is 1.15 bits per heavy atom. The maximum Gasteiger partial charge on any atom is 0.417 e. The molecule has 12 heteroatoms. The highest BCUT2D eigenvalue weighted by molar-refractivity contribution is 6.25. The average molecular weight is 479 g/mol. The molecule has 0 aliphatic carbocycles. The van der Waals surface area contributed by atoms with Crippen molar-refractivity contribution in [3.63, 3.8) is 0 Å². The van der Waals surface area contributed by atoms with Gasteiger partial charge in [-0.2, -0.15) is 13.2 Å². The lowest BCUT2D eigenvalue weighted by Gasteiger charge is -2.30. The lowest BCUT2D eigenvalue weighted by atomic mass is 9.93. The molecule has 1 aromatic carbocycles. The van der Waals surface area contributed by atoms with Crippen molar-refractivity contribution in [1.29, 1.82) is 0 Å². The fraction of sp³-hybridized carbons (Fsp3) is 0.318. The van der Waals surface area contributed by atoms with Crippen molar-refractivity contribution in [3.05, 3.63) is 53.7 Å². The van der Waals surface area contributed by atoms with E-state index in [1.165, 1.54) is 30.9 Å². The van der Waals surface area contributed by atoms with Crippen LogP contribution in [0, 0.1) is 5.92 Å². The van der Waals surface area contributed by atoms with E-state index in [2.05, 4.69) is 10.3 Å². The number of ketones is 1. The Morgan fingerprint density at radius 2 is 1.79 bits per heavy atom. The molecular weight excluding hydrogens is 459 g/mol. The molecule has 0 saturated carbocycles. The Morgan fingerprint density at radius 3 is 2.32 bits per heavy atom. The van der Waals surface area contributed by atoms with E-state index in [1.807, 2.05) is 0 Å². The normalized spacial score (nSPS) is 17.6. The first-order valence-corrected chi connectivity index (χ1v) is 9.96. The summed E-state index contributed by atoms with van der Waals surface area (Å²) in [7, 11) is 0. The molecule has 34 heavy (non-hydrogen) atoms. The Kier molecular flexibility index (Phi) is 6.62. The number of Topliss-reactive ketones (excluding diaryl/α,β-unsaturated/α-hetero) is 1. The van der Waals surface area contributed by atoms with Gasteiger partial charge in [0.05, 0.1) is 11.1 Å². The minimum Gasteiger partial charge on any atom is -0.480 e. The monoisotopic (exact) mass is 479 g/mol. The molecular formula is C22H20F3N3O6. The fourth-order valence-corrected chi connectivity index (χ4v) is 3.38. The second-order valence-electron chi connectivity index (χ2n) is 8.02. The van der Waals surface area contributed by atoms with Gasteiger partial charge in [0.1, 0.15) is 12.3 Å². The SMILES string of the molecule is CC1(C)C(=O)C(C(=O)NCC(=O)O)C(=O)N1Cc1ccc(Oc2ccc(C(F)(F)F)cn2)cc1. The number of likely N-dealkylation sites (tertiary alicyclic amines) is 1. The number of carbonyl (C=O) groups excluding carboxylic acids is 3. The number of rotatable bonds is 7. The van der Waals surface area contributed by atoms with Crippen LogP contribution in [-0.2, 0) is 31.9 Å². The molecule has 0 radical (unpaired) electrons. The molecule has 1 aromatic heterocycles. The van der Waals surface area contributed by atoms with Gasteiger partial charge in [0.15, 0.2) is 11.7 Å². The van der Waals surface area contributed by atoms with E-state index >= 15 is 0 Å². The second-order valence-corrected chi connectivity index (χ2v) is 8.02. The zero-order valence-electron chi connectivity index (χ0n) is 18.0. The van der Waals surface area contributed by atoms with Crippen LogP contribution in [0.15, 0.2) is 42.6 Å². The van der Waals surface area contributed by atoms with Crippen LogP contribution in [0.2, 0.25) is 0 Å². The predicted octanol–water partition coefficient (Wildman–Crippen LogP) is 2.40. The minimum atomic E-state index is -4.51. The lowest BCUT2D eigenvalue weighted by Crippen LogP contribution is -2.44. The molecule has 1 aliphatic rings. The maximum absolute atomic E-state index is 12.8. The fourth-order valence-electron chi connectivity index (χ4n) is 3.38. The first kappa shape index (κ1) is 24.7. The number of amides is 2. The smallest absolute Gasteiger partial charge is 0.417 e. The summed E-state index contributed by atoms with van der Waals surface area (Å²) in [6.07, 6.45) is -3.85. The zero-order valence-corrected chi connectivity index (χ0v) is 18.0. The Bertz CT molecular complexity index is 1110. The van der Waals surface area contributed by atoms with Gasteiger partial charge in [-0.25, -0.2) is 4.98 Å². The molecule has 9 nitrogen and oxygen atoms in total. The van der Waals surface area contributed by atoms with Crippen molar-refractivity contribution < 1.29 is 42.2 Å². The zero-order chi connectivity index (χ0) is 25.3. The number of carboxylic acid groups (broad SMARTS) is 1. The van der Waals surface area contributed by atoms with Crippen LogP contribution in [0.25, 0.3) is 0 Å². The number of hydrogen-bond acceptors (Lipinski definition) is 6. The third-order valence-corrected chi connectivity index (χ3v) is 5.28. The number of carboxylic acids is 1. The van der Waals surface area contributed by atoms with Gasteiger partial charge in [0, 0.05) is 18.8 Å². The summed E-state index contributed by atoms with van der Waals surface area (Å²) in [4.78, 5) is 53.2. The van der Waals surface area contributed by atoms with Crippen molar-refractivity contribution >= 4 is 23.6 Å². The summed E-state index contributed by atoms with van der Waals surface area (Å²) in [6, 6.07) is 8.14. The van der Waals surface area contributed by atoms with Crippen LogP contribution in [0.4, 0.5) is 13.2 Å². The number of carbonyl (C=O) groups is 4.